The summed E-state index contributed by atoms with van der Waals surface area (Å²) < 4.78 is 2.03. The zero-order valence-corrected chi connectivity index (χ0v) is 8.54. The van der Waals surface area contributed by atoms with Gasteiger partial charge in [0, 0.05) is 24.1 Å². The molecule has 76 valence electrons. The van der Waals surface area contributed by atoms with E-state index in [1.807, 2.05) is 4.57 Å². The molecule has 1 N–H and O–H groups in total. The SMILES string of the molecule is O=c1ccn(C2CC2)c(SCCO)n1. The van der Waals surface area contributed by atoms with Crippen LogP contribution in [0, 0.1) is 0 Å². The number of hydrogen-bond acceptors (Lipinski definition) is 4. The molecule has 4 nitrogen and oxygen atoms in total. The van der Waals surface area contributed by atoms with Gasteiger partial charge in [0.2, 0.25) is 0 Å². The minimum atomic E-state index is -0.206. The van der Waals surface area contributed by atoms with Crippen LogP contribution in [0.2, 0.25) is 0 Å². The van der Waals surface area contributed by atoms with Gasteiger partial charge >= 0.3 is 0 Å². The lowest BCUT2D eigenvalue weighted by atomic mass is 10.6. The molecule has 1 aliphatic carbocycles. The summed E-state index contributed by atoms with van der Waals surface area (Å²) in [6.07, 6.45) is 4.13. The van der Waals surface area contributed by atoms with Gasteiger partial charge in [-0.2, -0.15) is 4.98 Å². The van der Waals surface area contributed by atoms with Gasteiger partial charge in [-0.1, -0.05) is 11.8 Å². The van der Waals surface area contributed by atoms with E-state index >= 15 is 0 Å². The van der Waals surface area contributed by atoms with Gasteiger partial charge in [-0.05, 0) is 12.8 Å². The fraction of sp³-hybridized carbons (Fsp3) is 0.556. The molecule has 0 atom stereocenters. The largest absolute Gasteiger partial charge is 0.396 e. The second-order valence-corrected chi connectivity index (χ2v) is 4.32. The van der Waals surface area contributed by atoms with Gasteiger partial charge < -0.3 is 9.67 Å². The Kier molecular flexibility index (Phi) is 2.88. The smallest absolute Gasteiger partial charge is 0.273 e. The number of aromatic nitrogens is 2. The van der Waals surface area contributed by atoms with Crippen LogP contribution in [0.1, 0.15) is 18.9 Å². The number of hydrogen-bond donors (Lipinski definition) is 1. The lowest BCUT2D eigenvalue weighted by Gasteiger charge is -2.08. The Balaban J connectivity index is 2.23. The summed E-state index contributed by atoms with van der Waals surface area (Å²) in [6.45, 7) is 0.111. The maximum Gasteiger partial charge on any atom is 0.273 e. The fourth-order valence-electron chi connectivity index (χ4n) is 1.27. The number of rotatable bonds is 4. The zero-order valence-electron chi connectivity index (χ0n) is 7.72. The van der Waals surface area contributed by atoms with Crippen LogP contribution in [0.15, 0.2) is 22.2 Å². The van der Waals surface area contributed by atoms with E-state index in [2.05, 4.69) is 4.98 Å². The van der Waals surface area contributed by atoms with Crippen molar-refractivity contribution in [1.82, 2.24) is 9.55 Å². The van der Waals surface area contributed by atoms with Crippen molar-refractivity contribution in [2.24, 2.45) is 0 Å². The fourth-order valence-corrected chi connectivity index (χ4v) is 2.06. The molecule has 0 radical (unpaired) electrons. The third-order valence-corrected chi connectivity index (χ3v) is 3.01. The molecule has 1 saturated carbocycles. The van der Waals surface area contributed by atoms with Crippen molar-refractivity contribution in [3.8, 4) is 0 Å². The molecule has 1 aromatic rings. The maximum absolute atomic E-state index is 11.0. The first kappa shape index (κ1) is 9.73. The van der Waals surface area contributed by atoms with Crippen molar-refractivity contribution < 1.29 is 5.11 Å². The Morgan fingerprint density at radius 3 is 3.07 bits per heavy atom. The number of aliphatic hydroxyl groups excluding tert-OH is 1. The zero-order chi connectivity index (χ0) is 9.97. The molecule has 1 fully saturated rings. The molecular weight excluding hydrogens is 200 g/mol. The highest BCUT2D eigenvalue weighted by molar-refractivity contribution is 7.99. The summed E-state index contributed by atoms with van der Waals surface area (Å²) in [5.41, 5.74) is -0.206. The van der Waals surface area contributed by atoms with Gasteiger partial charge in [-0.15, -0.1) is 0 Å². The Bertz CT molecular complexity index is 373. The highest BCUT2D eigenvalue weighted by Gasteiger charge is 2.25. The molecule has 1 heterocycles. The average molecular weight is 212 g/mol. The molecule has 0 aliphatic heterocycles. The molecule has 0 unspecified atom stereocenters. The van der Waals surface area contributed by atoms with Crippen LogP contribution in [0.25, 0.3) is 0 Å². The molecule has 2 rings (SSSR count). The molecule has 5 heteroatoms. The van der Waals surface area contributed by atoms with Gasteiger partial charge in [0.1, 0.15) is 0 Å². The molecule has 1 aromatic heterocycles. The Hall–Kier alpha value is -0.810. The van der Waals surface area contributed by atoms with E-state index in [1.165, 1.54) is 17.8 Å². The minimum absolute atomic E-state index is 0.111. The van der Waals surface area contributed by atoms with Crippen molar-refractivity contribution in [1.29, 1.82) is 0 Å². The molecule has 0 spiro atoms. The van der Waals surface area contributed by atoms with Crippen molar-refractivity contribution >= 4 is 11.8 Å². The van der Waals surface area contributed by atoms with Crippen LogP contribution >= 0.6 is 11.8 Å². The standard InChI is InChI=1S/C9H12N2O2S/c12-5-6-14-9-10-8(13)3-4-11(9)7-1-2-7/h3-4,7,12H,1-2,5-6H2. The second-order valence-electron chi connectivity index (χ2n) is 3.26. The number of aliphatic hydroxyl groups is 1. The van der Waals surface area contributed by atoms with E-state index in [4.69, 9.17) is 5.11 Å². The molecule has 0 amide bonds. The van der Waals surface area contributed by atoms with Crippen LogP contribution in [0.5, 0.6) is 0 Å². The summed E-state index contributed by atoms with van der Waals surface area (Å²) in [7, 11) is 0. The van der Waals surface area contributed by atoms with Crippen LogP contribution in [0.3, 0.4) is 0 Å². The van der Waals surface area contributed by atoms with Crippen LogP contribution < -0.4 is 5.56 Å². The summed E-state index contributed by atoms with van der Waals surface area (Å²) in [5.74, 6) is 0.586. The first-order valence-electron chi connectivity index (χ1n) is 4.64. The number of nitrogens with zero attached hydrogens (tertiary/aromatic N) is 2. The van der Waals surface area contributed by atoms with Gasteiger partial charge in [0.05, 0.1) is 6.61 Å². The lowest BCUT2D eigenvalue weighted by Crippen LogP contribution is -2.12. The van der Waals surface area contributed by atoms with Crippen molar-refractivity contribution in [2.75, 3.05) is 12.4 Å². The monoisotopic (exact) mass is 212 g/mol. The topological polar surface area (TPSA) is 55.1 Å². The molecule has 14 heavy (non-hydrogen) atoms. The van der Waals surface area contributed by atoms with Crippen LogP contribution in [0.4, 0.5) is 0 Å². The van der Waals surface area contributed by atoms with Gasteiger partial charge in [0.15, 0.2) is 5.16 Å². The highest BCUT2D eigenvalue weighted by Crippen LogP contribution is 2.36. The summed E-state index contributed by atoms with van der Waals surface area (Å²) in [6, 6.07) is 2.01. The number of thioether (sulfide) groups is 1. The predicted molar refractivity (Wildman–Crippen MR) is 54.6 cm³/mol. The lowest BCUT2D eigenvalue weighted by molar-refractivity contribution is 0.322. The van der Waals surface area contributed by atoms with E-state index in [0.717, 1.165) is 18.0 Å². The summed E-state index contributed by atoms with van der Waals surface area (Å²) >= 11 is 1.43. The summed E-state index contributed by atoms with van der Waals surface area (Å²) in [5, 5.41) is 9.44. The van der Waals surface area contributed by atoms with Crippen molar-refractivity contribution in [3.05, 3.63) is 22.6 Å². The van der Waals surface area contributed by atoms with E-state index in [9.17, 15) is 4.79 Å². The van der Waals surface area contributed by atoms with E-state index in [0.29, 0.717) is 11.8 Å². The normalized spacial score (nSPS) is 15.8. The molecule has 1 aliphatic rings. The molecule has 0 bridgehead atoms. The van der Waals surface area contributed by atoms with Crippen molar-refractivity contribution in [2.45, 2.75) is 24.0 Å². The van der Waals surface area contributed by atoms with Crippen LogP contribution in [-0.4, -0.2) is 27.0 Å². The van der Waals surface area contributed by atoms with Gasteiger partial charge in [-0.25, -0.2) is 0 Å². The van der Waals surface area contributed by atoms with Gasteiger partial charge in [-0.3, -0.25) is 4.79 Å². The second kappa shape index (κ2) is 4.14. The highest BCUT2D eigenvalue weighted by atomic mass is 32.2. The van der Waals surface area contributed by atoms with E-state index in [1.54, 1.807) is 6.20 Å². The average Bonchev–Trinajstić information content (AvgIpc) is 2.98. The summed E-state index contributed by atoms with van der Waals surface area (Å²) in [4.78, 5) is 15.0. The molecule has 0 saturated heterocycles. The molecular formula is C9H12N2O2S. The van der Waals surface area contributed by atoms with Crippen LogP contribution in [-0.2, 0) is 0 Å². The third kappa shape index (κ3) is 2.16. The Labute approximate surface area is 86.0 Å². The first-order valence-corrected chi connectivity index (χ1v) is 5.62. The Morgan fingerprint density at radius 2 is 2.43 bits per heavy atom. The van der Waals surface area contributed by atoms with Crippen molar-refractivity contribution in [3.63, 3.8) is 0 Å². The third-order valence-electron chi connectivity index (χ3n) is 2.07. The minimum Gasteiger partial charge on any atom is -0.396 e. The predicted octanol–water partition coefficient (Wildman–Crippen LogP) is 0.663. The van der Waals surface area contributed by atoms with E-state index < -0.39 is 0 Å². The first-order chi connectivity index (χ1) is 6.81. The Morgan fingerprint density at radius 1 is 1.64 bits per heavy atom. The quantitative estimate of drug-likeness (QED) is 0.588. The molecule has 0 aromatic carbocycles. The maximum atomic E-state index is 11.0. The van der Waals surface area contributed by atoms with Gasteiger partial charge in [0.25, 0.3) is 5.56 Å². The van der Waals surface area contributed by atoms with E-state index in [-0.39, 0.29) is 12.2 Å².